The van der Waals surface area contributed by atoms with Crippen LogP contribution < -0.4 is 4.74 Å². The summed E-state index contributed by atoms with van der Waals surface area (Å²) >= 11 is 0. The lowest BCUT2D eigenvalue weighted by Gasteiger charge is -2.47. The Labute approximate surface area is 220 Å². The van der Waals surface area contributed by atoms with Gasteiger partial charge < -0.3 is 19.0 Å². The van der Waals surface area contributed by atoms with Crippen LogP contribution in [0.25, 0.3) is 11.8 Å². The van der Waals surface area contributed by atoms with Gasteiger partial charge in [-0.25, -0.2) is 9.37 Å². The molecular formula is C30H39FN4O2. The Morgan fingerprint density at radius 3 is 2.46 bits per heavy atom. The Morgan fingerprint density at radius 2 is 1.81 bits per heavy atom. The van der Waals surface area contributed by atoms with Crippen LogP contribution in [-0.4, -0.2) is 40.5 Å². The molecule has 2 aromatic carbocycles. The second-order valence-corrected chi connectivity index (χ2v) is 8.75. The molecule has 1 fully saturated rings. The summed E-state index contributed by atoms with van der Waals surface area (Å²) < 4.78 is 21.2. The van der Waals surface area contributed by atoms with Gasteiger partial charge in [0.25, 0.3) is 0 Å². The predicted octanol–water partition coefficient (Wildman–Crippen LogP) is 7.12. The van der Waals surface area contributed by atoms with E-state index in [0.29, 0.717) is 6.61 Å². The van der Waals surface area contributed by atoms with E-state index in [4.69, 9.17) is 9.57 Å². The summed E-state index contributed by atoms with van der Waals surface area (Å²) in [5.74, 6) is 1.37. The number of oxime groups is 1. The fourth-order valence-corrected chi connectivity index (χ4v) is 4.64. The van der Waals surface area contributed by atoms with Crippen molar-refractivity contribution in [2.75, 3.05) is 20.3 Å². The number of hydrogen-bond acceptors (Lipinski definition) is 5. The molecule has 1 unspecified atom stereocenters. The fraction of sp³-hybridized carbons (Fsp3) is 0.400. The molecule has 0 N–H and O–H groups in total. The molecular weight excluding hydrogens is 467 g/mol. The van der Waals surface area contributed by atoms with E-state index in [0.717, 1.165) is 59.1 Å². The fourth-order valence-electron chi connectivity index (χ4n) is 4.64. The van der Waals surface area contributed by atoms with Gasteiger partial charge in [-0.1, -0.05) is 51.0 Å². The highest BCUT2D eigenvalue weighted by atomic mass is 19.1. The first kappa shape index (κ1) is 28.0. The molecule has 5 rings (SSSR count). The Hall–Kier alpha value is -3.61. The molecule has 1 atom stereocenters. The van der Waals surface area contributed by atoms with Crippen molar-refractivity contribution < 1.29 is 14.0 Å². The second kappa shape index (κ2) is 12.6. The van der Waals surface area contributed by atoms with Gasteiger partial charge >= 0.3 is 0 Å². The number of nitrogens with zero attached hydrogens (tertiary/aromatic N) is 4. The maximum absolute atomic E-state index is 13.5. The number of aromatic nitrogens is 2. The zero-order valence-electron chi connectivity index (χ0n) is 23.1. The molecule has 1 saturated heterocycles. The minimum atomic E-state index is -0.412. The summed E-state index contributed by atoms with van der Waals surface area (Å²) in [5, 5.41) is 4.43. The van der Waals surface area contributed by atoms with Crippen LogP contribution in [-0.2, 0) is 10.4 Å². The number of aryl methyl sites for hydroxylation is 1. The lowest BCUT2D eigenvalue weighted by atomic mass is 9.86. The number of methoxy groups -OCH3 is 1. The summed E-state index contributed by atoms with van der Waals surface area (Å²) in [6.45, 7) is 13.4. The lowest BCUT2D eigenvalue weighted by Crippen LogP contribution is -2.55. The number of imidazole rings is 1. The van der Waals surface area contributed by atoms with Crippen LogP contribution in [0.5, 0.6) is 5.75 Å². The molecule has 0 aliphatic carbocycles. The average Bonchev–Trinajstić information content (AvgIpc) is 3.37. The van der Waals surface area contributed by atoms with Crippen molar-refractivity contribution >= 4 is 11.9 Å². The zero-order chi connectivity index (χ0) is 27.0. The number of rotatable bonds is 4. The number of amidine groups is 1. The van der Waals surface area contributed by atoms with Gasteiger partial charge in [0.05, 0.1) is 24.8 Å². The predicted molar refractivity (Wildman–Crippen MR) is 149 cm³/mol. The van der Waals surface area contributed by atoms with Crippen molar-refractivity contribution in [3.8, 4) is 11.4 Å². The Morgan fingerprint density at radius 1 is 1.08 bits per heavy atom. The third-order valence-corrected chi connectivity index (χ3v) is 6.46. The molecule has 0 saturated carbocycles. The van der Waals surface area contributed by atoms with Crippen LogP contribution in [0.1, 0.15) is 64.3 Å². The standard InChI is InChI=1S/C26H27FN4O2.2C2H6/c1-18-15-30(17-28-18)23-11-6-19(14-24(23)32-3)13-20-5-4-12-31-25(20)29-33-16-26(31,2)21-7-9-22(27)10-8-21;2*1-2/h6-11,13-15,17H,4-5,12,16H2,1-3H3;2*1-2H3/b20-13+;;. The van der Waals surface area contributed by atoms with Gasteiger partial charge in [-0.2, -0.15) is 0 Å². The molecule has 198 valence electrons. The van der Waals surface area contributed by atoms with Crippen LogP contribution in [0.3, 0.4) is 0 Å². The molecule has 0 amide bonds. The largest absolute Gasteiger partial charge is 0.495 e. The van der Waals surface area contributed by atoms with E-state index < -0.39 is 5.54 Å². The number of piperidine rings is 1. The van der Waals surface area contributed by atoms with Crippen molar-refractivity contribution in [3.05, 3.63) is 83.2 Å². The molecule has 0 bridgehead atoms. The third-order valence-electron chi connectivity index (χ3n) is 6.46. The smallest absolute Gasteiger partial charge is 0.172 e. The van der Waals surface area contributed by atoms with Crippen molar-refractivity contribution in [1.82, 2.24) is 14.5 Å². The first-order valence-corrected chi connectivity index (χ1v) is 13.1. The first-order chi connectivity index (χ1) is 18.0. The third kappa shape index (κ3) is 5.87. The van der Waals surface area contributed by atoms with E-state index in [2.05, 4.69) is 34.1 Å². The van der Waals surface area contributed by atoms with E-state index >= 15 is 0 Å². The summed E-state index contributed by atoms with van der Waals surface area (Å²) in [6.07, 6.45) is 7.82. The summed E-state index contributed by atoms with van der Waals surface area (Å²) in [7, 11) is 1.68. The molecule has 1 aromatic heterocycles. The van der Waals surface area contributed by atoms with Gasteiger partial charge in [0.15, 0.2) is 5.84 Å². The Bertz CT molecular complexity index is 1230. The van der Waals surface area contributed by atoms with Crippen molar-refractivity contribution in [2.24, 2.45) is 5.16 Å². The molecule has 3 aromatic rings. The van der Waals surface area contributed by atoms with Gasteiger partial charge in [-0.05, 0) is 73.7 Å². The number of hydrogen-bond donors (Lipinski definition) is 0. The number of fused-ring (bicyclic) bond motifs is 1. The summed E-state index contributed by atoms with van der Waals surface area (Å²) in [5.41, 5.74) is 4.63. The van der Waals surface area contributed by atoms with Gasteiger partial charge in [0.2, 0.25) is 0 Å². The highest BCUT2D eigenvalue weighted by molar-refractivity contribution is 6.03. The van der Waals surface area contributed by atoms with E-state index in [9.17, 15) is 4.39 Å². The molecule has 2 aliphatic heterocycles. The monoisotopic (exact) mass is 506 g/mol. The van der Waals surface area contributed by atoms with E-state index in [1.165, 1.54) is 12.1 Å². The highest BCUT2D eigenvalue weighted by Crippen LogP contribution is 2.37. The summed E-state index contributed by atoms with van der Waals surface area (Å²) in [4.78, 5) is 12.3. The van der Waals surface area contributed by atoms with Crippen molar-refractivity contribution in [3.63, 3.8) is 0 Å². The maximum Gasteiger partial charge on any atom is 0.172 e. The highest BCUT2D eigenvalue weighted by Gasteiger charge is 2.42. The molecule has 6 nitrogen and oxygen atoms in total. The normalized spacial score (nSPS) is 19.4. The quantitative estimate of drug-likeness (QED) is 0.378. The Balaban J connectivity index is 0.000000907. The van der Waals surface area contributed by atoms with Crippen LogP contribution in [0, 0.1) is 12.7 Å². The van der Waals surface area contributed by atoms with Crippen LogP contribution in [0.2, 0.25) is 0 Å². The zero-order valence-corrected chi connectivity index (χ0v) is 23.1. The van der Waals surface area contributed by atoms with Gasteiger partial charge in [-0.3, -0.25) is 0 Å². The van der Waals surface area contributed by atoms with E-state index in [1.54, 1.807) is 13.4 Å². The van der Waals surface area contributed by atoms with Crippen molar-refractivity contribution in [2.45, 2.75) is 59.9 Å². The molecule has 0 radical (unpaired) electrons. The van der Waals surface area contributed by atoms with Gasteiger partial charge in [0.1, 0.15) is 23.7 Å². The molecule has 37 heavy (non-hydrogen) atoms. The van der Waals surface area contributed by atoms with E-state index in [1.807, 2.05) is 69.6 Å². The van der Waals surface area contributed by atoms with E-state index in [-0.39, 0.29) is 5.82 Å². The van der Waals surface area contributed by atoms with Crippen LogP contribution >= 0.6 is 0 Å². The molecule has 0 spiro atoms. The minimum Gasteiger partial charge on any atom is -0.495 e. The summed E-state index contributed by atoms with van der Waals surface area (Å²) in [6, 6.07) is 12.8. The molecule has 7 heteroatoms. The topological polar surface area (TPSA) is 51.9 Å². The Kier molecular flexibility index (Phi) is 9.50. The van der Waals surface area contributed by atoms with Crippen LogP contribution in [0.15, 0.2) is 65.7 Å². The lowest BCUT2D eigenvalue weighted by molar-refractivity contribution is 0.00241. The SMILES string of the molecule is CC.CC.COc1cc(/C=C2\CCCN3C2=NOCC3(C)c2ccc(F)cc2)ccc1-n1cnc(C)c1. The second-order valence-electron chi connectivity index (χ2n) is 8.75. The number of halogens is 1. The van der Waals surface area contributed by atoms with Crippen LogP contribution in [0.4, 0.5) is 4.39 Å². The maximum atomic E-state index is 13.5. The van der Waals surface area contributed by atoms with Gasteiger partial charge in [-0.15, -0.1) is 0 Å². The first-order valence-electron chi connectivity index (χ1n) is 13.1. The van der Waals surface area contributed by atoms with Gasteiger partial charge in [0, 0.05) is 12.7 Å². The molecule has 2 aliphatic rings. The average molecular weight is 507 g/mol. The molecule has 3 heterocycles. The minimum absolute atomic E-state index is 0.240. The number of benzene rings is 2. The van der Waals surface area contributed by atoms with Crippen molar-refractivity contribution in [1.29, 1.82) is 0 Å². The number of ether oxygens (including phenoxy) is 1.